The SMILES string of the molecule is COc1ccc(C(OC[C@H]2O[C@@H](n3cnc4c(NC(=O)c5ccccc5)ncnc43)C[C@@H]2OP(=O)(OC[C@H]2OC(n3cnc4c(=O)[nH]c(NC(=O)C(C)C)nc43)C[C@@H]2OP(=O)(OC[C@H]2O[C@H](n3cc(C)c(=O)[nH]c3=O)C[C@@H]2O)Oc2ccccc2Cl)Oc2ccccc2Cl)(c2ccccc2)c2ccc(OC)cc2)cc1. The number of benzene rings is 6. The maximum absolute atomic E-state index is 16.6. The second kappa shape index (κ2) is 32.7. The van der Waals surface area contributed by atoms with Crippen LogP contribution < -0.4 is 46.0 Å². The lowest BCUT2D eigenvalue weighted by atomic mass is 9.80. The van der Waals surface area contributed by atoms with Crippen molar-refractivity contribution in [3.05, 3.63) is 252 Å². The Labute approximate surface area is 636 Å². The number of anilines is 2. The molecular formula is C74H72Cl2N12O20P2. The molecule has 32 nitrogen and oxygen atoms in total. The van der Waals surface area contributed by atoms with Crippen LogP contribution in [-0.4, -0.2) is 136 Å². The van der Waals surface area contributed by atoms with Crippen LogP contribution in [0.2, 0.25) is 10.0 Å². The minimum absolute atomic E-state index is 0.0260. The molecule has 3 unspecified atom stereocenters. The van der Waals surface area contributed by atoms with Crippen molar-refractivity contribution in [2.45, 2.75) is 101 Å². The van der Waals surface area contributed by atoms with Crippen molar-refractivity contribution in [2.24, 2.45) is 5.92 Å². The number of aromatic nitrogens is 10. The van der Waals surface area contributed by atoms with Crippen LogP contribution in [-0.2, 0) is 56.6 Å². The number of aliphatic hydroxyl groups excluding tert-OH is 1. The predicted octanol–water partition coefficient (Wildman–Crippen LogP) is 11.4. The number of aliphatic hydroxyl groups is 1. The molecule has 11 atom stereocenters. The number of aryl methyl sites for hydroxylation is 1. The summed E-state index contributed by atoms with van der Waals surface area (Å²) < 4.78 is 114. The molecule has 5 N–H and O–H groups in total. The van der Waals surface area contributed by atoms with Crippen molar-refractivity contribution in [2.75, 3.05) is 44.7 Å². The largest absolute Gasteiger partial charge is 0.530 e. The van der Waals surface area contributed by atoms with E-state index >= 15 is 9.13 Å². The normalized spacial score (nSPS) is 21.0. The van der Waals surface area contributed by atoms with Gasteiger partial charge in [0.15, 0.2) is 28.1 Å². The third kappa shape index (κ3) is 16.5. The van der Waals surface area contributed by atoms with Crippen LogP contribution in [0.1, 0.15) is 84.4 Å². The van der Waals surface area contributed by atoms with E-state index in [2.05, 4.69) is 45.5 Å². The molecule has 2 amide bonds. The third-order valence-corrected chi connectivity index (χ3v) is 22.0. The van der Waals surface area contributed by atoms with Crippen molar-refractivity contribution >= 4 is 84.8 Å². The summed E-state index contributed by atoms with van der Waals surface area (Å²) in [5.41, 5.74) is -1.00. The van der Waals surface area contributed by atoms with Gasteiger partial charge in [0.05, 0.1) is 62.8 Å². The van der Waals surface area contributed by atoms with Gasteiger partial charge in [-0.1, -0.05) is 134 Å². The number of hydrogen-bond acceptors (Lipinski definition) is 25. The van der Waals surface area contributed by atoms with Gasteiger partial charge in [0.25, 0.3) is 17.0 Å². The average molecular weight is 1580 g/mol. The third-order valence-electron chi connectivity index (χ3n) is 18.5. The van der Waals surface area contributed by atoms with E-state index in [1.807, 2.05) is 54.6 Å². The van der Waals surface area contributed by atoms with Gasteiger partial charge in [0, 0.05) is 42.5 Å². The molecule has 0 radical (unpaired) electrons. The molecule has 0 saturated carbocycles. The van der Waals surface area contributed by atoms with E-state index in [0.29, 0.717) is 33.8 Å². The number of phosphoric acid groups is 2. The number of carbonyl (C=O) groups is 2. The van der Waals surface area contributed by atoms with Crippen LogP contribution in [0.5, 0.6) is 23.0 Å². The maximum atomic E-state index is 16.6. The number of ether oxygens (including phenoxy) is 6. The number of aromatic amines is 2. The molecular weight excluding hydrogens is 1510 g/mol. The van der Waals surface area contributed by atoms with Gasteiger partial charge in [0.1, 0.15) is 84.1 Å². The standard InChI is InChI=1S/C74H72Cl2N12O20P2/c1-42(2)68(90)83-72-82-67-64(71(93)84-72)80-41-88(67)62-34-56(108-109(95,105-53-22-14-12-20-50(53)75)100-37-57-52(89)32-60(102-57)86-35-43(3)69(91)85-73(86)94)59(104-62)38-101-110(96,106-54-23-15-13-21-51(54)76)107-55-33-61(87-40-79-63-65(77-39-78-66(63)87)81-70(92)44-16-8-6-9-17-44)103-58(55)36-99-74(45-18-10-7-11-19-45,46-24-28-48(97-4)29-25-46)47-26-30-49(98-5)31-27-47/h6-31,35,39-42,52,55-62,89H,32-34,36-38H2,1-5H3,(H,85,91,94)(H,77,78,81,92)(H2,82,83,84,90,93)/t52-,55-,56-,57+,58+,59+,60-,61+,62?,109?,110?/m0/s1. The number of para-hydroxylation sites is 2. The minimum Gasteiger partial charge on any atom is -0.497 e. The van der Waals surface area contributed by atoms with Gasteiger partial charge in [-0.25, -0.2) is 33.9 Å². The molecule has 3 saturated heterocycles. The zero-order chi connectivity index (χ0) is 77.0. The second-order valence-electron chi connectivity index (χ2n) is 26.0. The number of imidazole rings is 2. The van der Waals surface area contributed by atoms with Crippen molar-refractivity contribution < 1.29 is 79.4 Å². The Kier molecular flexibility index (Phi) is 22.8. The highest BCUT2D eigenvalue weighted by Gasteiger charge is 2.51. The lowest BCUT2D eigenvalue weighted by molar-refractivity contribution is -0.119. The van der Waals surface area contributed by atoms with Crippen LogP contribution in [0.4, 0.5) is 11.8 Å². The van der Waals surface area contributed by atoms with Crippen LogP contribution in [0, 0.1) is 12.8 Å². The molecule has 5 aromatic heterocycles. The van der Waals surface area contributed by atoms with Gasteiger partial charge in [-0.05, 0) is 84.3 Å². The van der Waals surface area contributed by atoms with Crippen molar-refractivity contribution in [3.8, 4) is 23.0 Å². The fraction of sp³-hybridized carbons (Fsp3) is 0.297. The molecule has 3 fully saturated rings. The number of nitrogens with zero attached hydrogens (tertiary/aromatic N) is 8. The summed E-state index contributed by atoms with van der Waals surface area (Å²) in [6, 6.07) is 44.7. The number of carbonyl (C=O) groups excluding carboxylic acids is 2. The van der Waals surface area contributed by atoms with E-state index < -0.39 is 124 Å². The number of hydrogen-bond donors (Lipinski definition) is 5. The van der Waals surface area contributed by atoms with Crippen molar-refractivity contribution in [1.82, 2.24) is 48.6 Å². The average Bonchev–Trinajstić information content (AvgIpc) is 1.71. The van der Waals surface area contributed by atoms with Crippen molar-refractivity contribution in [1.29, 1.82) is 0 Å². The number of halogens is 2. The molecule has 8 heterocycles. The molecule has 3 aliphatic heterocycles. The zero-order valence-corrected chi connectivity index (χ0v) is 62.6. The van der Waals surface area contributed by atoms with E-state index in [-0.39, 0.29) is 87.1 Å². The highest BCUT2D eigenvalue weighted by atomic mass is 35.5. The van der Waals surface area contributed by atoms with Gasteiger partial charge in [0.2, 0.25) is 11.9 Å². The first-order valence-corrected chi connectivity index (χ1v) is 38.3. The fourth-order valence-electron chi connectivity index (χ4n) is 12.9. The Bertz CT molecular complexity index is 5400. The van der Waals surface area contributed by atoms with Crippen LogP contribution in [0.3, 0.4) is 0 Å². The molecule has 0 aliphatic carbocycles. The maximum Gasteiger partial charge on any atom is 0.530 e. The van der Waals surface area contributed by atoms with E-state index in [1.165, 1.54) is 67.0 Å². The number of H-pyrrole nitrogens is 2. The first-order valence-electron chi connectivity index (χ1n) is 34.6. The number of methoxy groups -OCH3 is 2. The van der Waals surface area contributed by atoms with E-state index in [0.717, 1.165) is 4.57 Å². The number of rotatable bonds is 29. The molecule has 3 aliphatic rings. The summed E-state index contributed by atoms with van der Waals surface area (Å²) in [7, 11) is -7.33. The summed E-state index contributed by atoms with van der Waals surface area (Å²) in [6.45, 7) is 2.87. The van der Waals surface area contributed by atoms with Crippen LogP contribution in [0.25, 0.3) is 22.3 Å². The molecule has 0 spiro atoms. The monoisotopic (exact) mass is 1580 g/mol. The molecule has 110 heavy (non-hydrogen) atoms. The first kappa shape index (κ1) is 76.5. The van der Waals surface area contributed by atoms with Crippen LogP contribution >= 0.6 is 38.8 Å². The Balaban J connectivity index is 0.842. The van der Waals surface area contributed by atoms with Crippen molar-refractivity contribution in [3.63, 3.8) is 0 Å². The lowest BCUT2D eigenvalue weighted by Crippen LogP contribution is -2.38. The zero-order valence-electron chi connectivity index (χ0n) is 59.3. The van der Waals surface area contributed by atoms with E-state index in [9.17, 15) is 29.1 Å². The molecule has 36 heteroatoms. The predicted molar refractivity (Wildman–Crippen MR) is 398 cm³/mol. The Morgan fingerprint density at radius 3 is 1.68 bits per heavy atom. The molecule has 0 bridgehead atoms. The first-order chi connectivity index (χ1) is 53.1. The highest BCUT2D eigenvalue weighted by Crippen LogP contribution is 2.58. The highest BCUT2D eigenvalue weighted by molar-refractivity contribution is 7.49. The second-order valence-corrected chi connectivity index (χ2v) is 29.9. The van der Waals surface area contributed by atoms with E-state index in [1.54, 1.807) is 105 Å². The number of fused-ring (bicyclic) bond motifs is 2. The summed E-state index contributed by atoms with van der Waals surface area (Å²) in [5.74, 6) is -0.842. The Morgan fingerprint density at radius 1 is 0.600 bits per heavy atom. The van der Waals surface area contributed by atoms with Crippen LogP contribution in [0.15, 0.2) is 197 Å². The smallest absolute Gasteiger partial charge is 0.497 e. The molecule has 6 aromatic carbocycles. The summed E-state index contributed by atoms with van der Waals surface area (Å²) in [6.07, 6.45) is -7.37. The lowest BCUT2D eigenvalue weighted by Gasteiger charge is -2.37. The van der Waals surface area contributed by atoms with Gasteiger partial charge in [-0.2, -0.15) is 4.98 Å². The molecule has 11 aromatic rings. The summed E-state index contributed by atoms with van der Waals surface area (Å²) in [5, 5.41) is 16.8. The van der Waals surface area contributed by atoms with E-state index in [4.69, 9.17) is 78.8 Å². The Morgan fingerprint density at radius 2 is 1.11 bits per heavy atom. The Hall–Kier alpha value is -10.3. The van der Waals surface area contributed by atoms with Gasteiger partial charge >= 0.3 is 21.3 Å². The number of nitrogens with one attached hydrogen (secondary N) is 4. The van der Waals surface area contributed by atoms with Gasteiger partial charge in [-0.15, -0.1) is 0 Å². The minimum atomic E-state index is -5.27. The van der Waals surface area contributed by atoms with Gasteiger partial charge in [-0.3, -0.25) is 66.3 Å². The summed E-state index contributed by atoms with van der Waals surface area (Å²) >= 11 is 13.5. The number of amides is 2. The molecule has 572 valence electrons. The number of phosphoric ester groups is 2. The fourth-order valence-corrected chi connectivity index (χ4v) is 16.2. The molecule has 14 rings (SSSR count). The topological polar surface area (TPSA) is 385 Å². The summed E-state index contributed by atoms with van der Waals surface area (Å²) in [4.78, 5) is 93.0. The quantitative estimate of drug-likeness (QED) is 0.0215. The van der Waals surface area contributed by atoms with Gasteiger partial charge < -0.3 is 47.9 Å².